The number of carbonyl (C=O) groups is 3. The fourth-order valence-corrected chi connectivity index (χ4v) is 4.23. The summed E-state index contributed by atoms with van der Waals surface area (Å²) >= 11 is 0. The number of carbonyl (C=O) groups excluding carboxylic acids is 3. The average molecular weight is 623 g/mol. The molecule has 11 heteroatoms. The van der Waals surface area contributed by atoms with Gasteiger partial charge in [0.15, 0.2) is 11.5 Å². The van der Waals surface area contributed by atoms with Crippen LogP contribution in [0.5, 0.6) is 23.0 Å². The SMILES string of the molecule is COc1cc(C(=O)Oc2cccc(C=NNC(=O)C(=Cc3ccc(N(C)C)cc3)NC(=O)c3ccccc3)c2)cc(OC)c1OC. The minimum absolute atomic E-state index is 0.00312. The van der Waals surface area contributed by atoms with E-state index in [1.165, 1.54) is 39.7 Å². The fraction of sp³-hybridized carbons (Fsp3) is 0.143. The summed E-state index contributed by atoms with van der Waals surface area (Å²) in [7, 11) is 8.23. The zero-order valence-corrected chi connectivity index (χ0v) is 26.1. The molecule has 0 aliphatic rings. The fourth-order valence-electron chi connectivity index (χ4n) is 4.23. The van der Waals surface area contributed by atoms with Gasteiger partial charge in [0.05, 0.1) is 33.1 Å². The summed E-state index contributed by atoms with van der Waals surface area (Å²) in [5.74, 6) is -0.523. The van der Waals surface area contributed by atoms with Crippen molar-refractivity contribution < 1.29 is 33.3 Å². The van der Waals surface area contributed by atoms with Gasteiger partial charge in [-0.2, -0.15) is 5.10 Å². The van der Waals surface area contributed by atoms with Crippen LogP contribution < -0.4 is 34.6 Å². The lowest BCUT2D eigenvalue weighted by atomic mass is 10.1. The zero-order valence-electron chi connectivity index (χ0n) is 26.1. The van der Waals surface area contributed by atoms with Gasteiger partial charge in [0, 0.05) is 25.3 Å². The highest BCUT2D eigenvalue weighted by Crippen LogP contribution is 2.38. The van der Waals surface area contributed by atoms with Crippen LogP contribution in [0.25, 0.3) is 6.08 Å². The van der Waals surface area contributed by atoms with Gasteiger partial charge in [0.2, 0.25) is 5.75 Å². The number of anilines is 1. The molecule has 11 nitrogen and oxygen atoms in total. The van der Waals surface area contributed by atoms with E-state index in [0.29, 0.717) is 33.9 Å². The first-order valence-electron chi connectivity index (χ1n) is 14.0. The Balaban J connectivity index is 1.49. The molecule has 4 aromatic carbocycles. The van der Waals surface area contributed by atoms with Gasteiger partial charge in [-0.15, -0.1) is 0 Å². The molecule has 0 bridgehead atoms. The lowest BCUT2D eigenvalue weighted by Gasteiger charge is -2.13. The van der Waals surface area contributed by atoms with Crippen molar-refractivity contribution in [3.05, 3.63) is 119 Å². The number of nitrogens with one attached hydrogen (secondary N) is 2. The third-order valence-corrected chi connectivity index (χ3v) is 6.60. The first kappa shape index (κ1) is 32.8. The van der Waals surface area contributed by atoms with Crippen LogP contribution in [0.1, 0.15) is 31.8 Å². The molecule has 0 saturated heterocycles. The van der Waals surface area contributed by atoms with Crippen molar-refractivity contribution in [3.8, 4) is 23.0 Å². The van der Waals surface area contributed by atoms with E-state index in [4.69, 9.17) is 18.9 Å². The molecule has 0 heterocycles. The van der Waals surface area contributed by atoms with E-state index in [0.717, 1.165) is 5.69 Å². The van der Waals surface area contributed by atoms with E-state index in [9.17, 15) is 14.4 Å². The molecular weight excluding hydrogens is 588 g/mol. The normalized spacial score (nSPS) is 11.0. The first-order valence-corrected chi connectivity index (χ1v) is 14.0. The van der Waals surface area contributed by atoms with Crippen LogP contribution in [-0.4, -0.2) is 59.4 Å². The number of amides is 2. The van der Waals surface area contributed by atoms with Gasteiger partial charge in [-0.3, -0.25) is 9.59 Å². The molecule has 4 rings (SSSR count). The molecule has 4 aromatic rings. The van der Waals surface area contributed by atoms with Crippen molar-refractivity contribution in [2.75, 3.05) is 40.3 Å². The third kappa shape index (κ3) is 8.50. The van der Waals surface area contributed by atoms with Gasteiger partial charge >= 0.3 is 5.97 Å². The first-order chi connectivity index (χ1) is 22.2. The second-order valence-electron chi connectivity index (χ2n) is 9.94. The minimum Gasteiger partial charge on any atom is -0.493 e. The molecule has 0 aliphatic heterocycles. The average Bonchev–Trinajstić information content (AvgIpc) is 3.07. The number of hydrogen-bond donors (Lipinski definition) is 2. The second kappa shape index (κ2) is 15.6. The predicted octanol–water partition coefficient (Wildman–Crippen LogP) is 4.92. The molecule has 0 aliphatic carbocycles. The van der Waals surface area contributed by atoms with Crippen LogP contribution in [0, 0.1) is 0 Å². The Kier molecular flexibility index (Phi) is 11.1. The maximum absolute atomic E-state index is 13.2. The Morgan fingerprint density at radius 1 is 0.739 bits per heavy atom. The van der Waals surface area contributed by atoms with E-state index in [2.05, 4.69) is 15.8 Å². The van der Waals surface area contributed by atoms with Crippen molar-refractivity contribution in [3.63, 3.8) is 0 Å². The Hall–Kier alpha value is -6.10. The van der Waals surface area contributed by atoms with Gasteiger partial charge < -0.3 is 29.2 Å². The number of ether oxygens (including phenoxy) is 4. The van der Waals surface area contributed by atoms with Crippen molar-refractivity contribution >= 4 is 35.8 Å². The number of hydrogen-bond acceptors (Lipinski definition) is 9. The molecule has 0 aromatic heterocycles. The number of rotatable bonds is 12. The highest BCUT2D eigenvalue weighted by Gasteiger charge is 2.19. The molecular formula is C35H34N4O7. The van der Waals surface area contributed by atoms with Crippen molar-refractivity contribution in [1.82, 2.24) is 10.7 Å². The van der Waals surface area contributed by atoms with Gasteiger partial charge in [-0.1, -0.05) is 42.5 Å². The van der Waals surface area contributed by atoms with E-state index in [-0.39, 0.29) is 17.0 Å². The Morgan fingerprint density at radius 2 is 1.41 bits per heavy atom. The smallest absolute Gasteiger partial charge is 0.343 e. The lowest BCUT2D eigenvalue weighted by molar-refractivity contribution is -0.117. The number of methoxy groups -OCH3 is 3. The highest BCUT2D eigenvalue weighted by atomic mass is 16.5. The van der Waals surface area contributed by atoms with E-state index in [1.807, 2.05) is 43.3 Å². The summed E-state index contributed by atoms with van der Waals surface area (Å²) in [6, 6.07) is 25.6. The van der Waals surface area contributed by atoms with Crippen molar-refractivity contribution in [1.29, 1.82) is 0 Å². The Morgan fingerprint density at radius 3 is 2.02 bits per heavy atom. The maximum atomic E-state index is 13.2. The summed E-state index contributed by atoms with van der Waals surface area (Å²) in [5.41, 5.74) is 5.25. The number of hydrazone groups is 1. The topological polar surface area (TPSA) is 128 Å². The van der Waals surface area contributed by atoms with Gasteiger partial charge in [0.25, 0.3) is 11.8 Å². The molecule has 2 amide bonds. The van der Waals surface area contributed by atoms with E-state index < -0.39 is 17.8 Å². The standard InChI is InChI=1S/C35H34N4O7/c1-39(2)27-16-14-23(15-17-27)19-29(37-33(40)25-11-7-6-8-12-25)34(41)38-36-22-24-10-9-13-28(18-24)46-35(42)26-20-30(43-3)32(45-5)31(21-26)44-4/h6-22H,1-5H3,(H,37,40)(H,38,41). The molecule has 2 N–H and O–H groups in total. The second-order valence-corrected chi connectivity index (χ2v) is 9.94. The van der Waals surface area contributed by atoms with Crippen molar-refractivity contribution in [2.24, 2.45) is 5.10 Å². The van der Waals surface area contributed by atoms with Gasteiger partial charge in [0.1, 0.15) is 11.4 Å². The summed E-state index contributed by atoms with van der Waals surface area (Å²) in [5, 5.41) is 6.73. The zero-order chi connectivity index (χ0) is 33.1. The number of esters is 1. The van der Waals surface area contributed by atoms with Gasteiger partial charge in [-0.05, 0) is 65.7 Å². The molecule has 0 spiro atoms. The van der Waals surface area contributed by atoms with Crippen LogP contribution in [0.15, 0.2) is 102 Å². The molecule has 0 radical (unpaired) electrons. The van der Waals surface area contributed by atoms with Crippen LogP contribution in [0.4, 0.5) is 5.69 Å². The van der Waals surface area contributed by atoms with Gasteiger partial charge in [-0.25, -0.2) is 10.2 Å². The van der Waals surface area contributed by atoms with Crippen molar-refractivity contribution in [2.45, 2.75) is 0 Å². The summed E-state index contributed by atoms with van der Waals surface area (Å²) in [6.07, 6.45) is 2.95. The third-order valence-electron chi connectivity index (χ3n) is 6.60. The molecule has 0 fully saturated rings. The predicted molar refractivity (Wildman–Crippen MR) is 176 cm³/mol. The van der Waals surface area contributed by atoms with Crippen LogP contribution in [-0.2, 0) is 4.79 Å². The molecule has 0 unspecified atom stereocenters. The largest absolute Gasteiger partial charge is 0.493 e. The molecule has 46 heavy (non-hydrogen) atoms. The van der Waals surface area contributed by atoms with E-state index >= 15 is 0 Å². The Bertz CT molecular complexity index is 1730. The van der Waals surface area contributed by atoms with E-state index in [1.54, 1.807) is 60.7 Å². The maximum Gasteiger partial charge on any atom is 0.343 e. The number of benzene rings is 4. The highest BCUT2D eigenvalue weighted by molar-refractivity contribution is 6.05. The molecule has 236 valence electrons. The molecule has 0 atom stereocenters. The van der Waals surface area contributed by atoms with Crippen LogP contribution in [0.3, 0.4) is 0 Å². The number of nitrogens with zero attached hydrogens (tertiary/aromatic N) is 2. The lowest BCUT2D eigenvalue weighted by Crippen LogP contribution is -2.32. The van der Waals surface area contributed by atoms with Crippen LogP contribution in [0.2, 0.25) is 0 Å². The summed E-state index contributed by atoms with van der Waals surface area (Å²) in [4.78, 5) is 40.9. The summed E-state index contributed by atoms with van der Waals surface area (Å²) < 4.78 is 21.5. The van der Waals surface area contributed by atoms with Crippen LogP contribution >= 0.6 is 0 Å². The molecule has 0 saturated carbocycles. The minimum atomic E-state index is -0.649. The Labute approximate surface area is 267 Å². The summed E-state index contributed by atoms with van der Waals surface area (Å²) in [6.45, 7) is 0. The quantitative estimate of drug-likeness (QED) is 0.0750. The monoisotopic (exact) mass is 622 g/mol.